The standard InChI is InChI=1S/C26H34N2O2S/c1-3-24(26(30)27-22-12-8-5-9-13-22)28(18-21-10-6-4-7-11-21)25(29)19-31-23-16-14-20(2)15-17-23/h4,6-7,10-11,14-17,22,24H,3,5,8-9,12-13,18-19H2,1-2H3,(H,27,30)/t24-/m0/s1. The molecule has 0 bridgehead atoms. The van der Waals surface area contributed by atoms with Crippen molar-refractivity contribution in [3.8, 4) is 0 Å². The summed E-state index contributed by atoms with van der Waals surface area (Å²) in [4.78, 5) is 29.3. The number of hydrogen-bond acceptors (Lipinski definition) is 3. The summed E-state index contributed by atoms with van der Waals surface area (Å²) < 4.78 is 0. The fourth-order valence-electron chi connectivity index (χ4n) is 4.11. The molecule has 1 atom stereocenters. The minimum atomic E-state index is -0.451. The highest BCUT2D eigenvalue weighted by Crippen LogP contribution is 2.22. The summed E-state index contributed by atoms with van der Waals surface area (Å²) in [7, 11) is 0. The normalized spacial score (nSPS) is 15.3. The van der Waals surface area contributed by atoms with Gasteiger partial charge in [0, 0.05) is 17.5 Å². The molecule has 3 rings (SSSR count). The minimum Gasteiger partial charge on any atom is -0.352 e. The van der Waals surface area contributed by atoms with Crippen molar-refractivity contribution in [2.45, 2.75) is 75.9 Å². The molecule has 0 radical (unpaired) electrons. The van der Waals surface area contributed by atoms with Gasteiger partial charge in [-0.2, -0.15) is 0 Å². The lowest BCUT2D eigenvalue weighted by Crippen LogP contribution is -2.52. The van der Waals surface area contributed by atoms with Crippen molar-refractivity contribution in [3.05, 3.63) is 65.7 Å². The quantitative estimate of drug-likeness (QED) is 0.537. The number of hydrogen-bond donors (Lipinski definition) is 1. The Morgan fingerprint density at radius 3 is 2.35 bits per heavy atom. The van der Waals surface area contributed by atoms with Crippen molar-refractivity contribution < 1.29 is 9.59 Å². The van der Waals surface area contributed by atoms with Crippen molar-refractivity contribution in [1.82, 2.24) is 10.2 Å². The lowest BCUT2D eigenvalue weighted by molar-refractivity contribution is -0.139. The first-order valence-electron chi connectivity index (χ1n) is 11.4. The monoisotopic (exact) mass is 438 g/mol. The van der Waals surface area contributed by atoms with Crippen molar-refractivity contribution in [1.29, 1.82) is 0 Å². The number of rotatable bonds is 9. The number of benzene rings is 2. The zero-order valence-electron chi connectivity index (χ0n) is 18.7. The third kappa shape index (κ3) is 7.13. The molecule has 2 aromatic rings. The first-order chi connectivity index (χ1) is 15.1. The fourth-order valence-corrected chi connectivity index (χ4v) is 4.89. The van der Waals surface area contributed by atoms with Gasteiger partial charge in [-0.15, -0.1) is 11.8 Å². The lowest BCUT2D eigenvalue weighted by Gasteiger charge is -2.32. The molecule has 166 valence electrons. The summed E-state index contributed by atoms with van der Waals surface area (Å²) in [5.41, 5.74) is 2.24. The van der Waals surface area contributed by atoms with Crippen molar-refractivity contribution in [2.24, 2.45) is 0 Å². The molecule has 1 aliphatic rings. The second kappa shape index (κ2) is 11.9. The van der Waals surface area contributed by atoms with E-state index in [9.17, 15) is 9.59 Å². The Bertz CT molecular complexity index is 832. The average molecular weight is 439 g/mol. The van der Waals surface area contributed by atoms with Gasteiger partial charge in [-0.3, -0.25) is 9.59 Å². The highest BCUT2D eigenvalue weighted by atomic mass is 32.2. The molecule has 0 aromatic heterocycles. The number of nitrogens with zero attached hydrogens (tertiary/aromatic N) is 1. The second-order valence-corrected chi connectivity index (χ2v) is 9.43. The molecule has 2 amide bonds. The summed E-state index contributed by atoms with van der Waals surface area (Å²) >= 11 is 1.53. The summed E-state index contributed by atoms with van der Waals surface area (Å²) in [6, 6.07) is 17.9. The van der Waals surface area contributed by atoms with E-state index in [1.54, 1.807) is 4.90 Å². The van der Waals surface area contributed by atoms with Gasteiger partial charge in [0.25, 0.3) is 0 Å². The van der Waals surface area contributed by atoms with Gasteiger partial charge in [-0.25, -0.2) is 0 Å². The van der Waals surface area contributed by atoms with Crippen LogP contribution in [0.5, 0.6) is 0 Å². The van der Waals surface area contributed by atoms with Crippen LogP contribution in [-0.4, -0.2) is 34.6 Å². The number of nitrogens with one attached hydrogen (secondary N) is 1. The van der Waals surface area contributed by atoms with E-state index in [0.29, 0.717) is 18.7 Å². The molecule has 0 unspecified atom stereocenters. The highest BCUT2D eigenvalue weighted by Gasteiger charge is 2.30. The van der Waals surface area contributed by atoms with E-state index in [1.807, 2.05) is 49.4 Å². The Balaban J connectivity index is 1.72. The number of amides is 2. The molecule has 1 saturated carbocycles. The first kappa shape index (κ1) is 23.4. The van der Waals surface area contributed by atoms with E-state index in [1.165, 1.54) is 36.6 Å². The zero-order chi connectivity index (χ0) is 22.1. The third-order valence-corrected chi connectivity index (χ3v) is 6.91. The number of carbonyl (C=O) groups excluding carboxylic acids is 2. The van der Waals surface area contributed by atoms with Crippen LogP contribution in [0, 0.1) is 6.92 Å². The molecular formula is C26H34N2O2S. The van der Waals surface area contributed by atoms with Crippen LogP contribution in [0.4, 0.5) is 0 Å². The largest absolute Gasteiger partial charge is 0.352 e. The van der Waals surface area contributed by atoms with Gasteiger partial charge in [-0.05, 0) is 43.9 Å². The zero-order valence-corrected chi connectivity index (χ0v) is 19.5. The van der Waals surface area contributed by atoms with Gasteiger partial charge in [0.1, 0.15) is 6.04 Å². The molecule has 0 heterocycles. The predicted octanol–water partition coefficient (Wildman–Crippen LogP) is 5.34. The first-order valence-corrected chi connectivity index (χ1v) is 12.4. The van der Waals surface area contributed by atoms with Gasteiger partial charge < -0.3 is 10.2 Å². The minimum absolute atomic E-state index is 0.0000669. The van der Waals surface area contributed by atoms with Crippen molar-refractivity contribution >= 4 is 23.6 Å². The molecule has 1 aliphatic carbocycles. The molecule has 5 heteroatoms. The number of carbonyl (C=O) groups is 2. The molecule has 0 saturated heterocycles. The molecule has 1 fully saturated rings. The molecule has 0 aliphatic heterocycles. The Kier molecular flexibility index (Phi) is 9.01. The van der Waals surface area contributed by atoms with Crippen LogP contribution < -0.4 is 5.32 Å². The van der Waals surface area contributed by atoms with Crippen LogP contribution in [0.15, 0.2) is 59.5 Å². The molecule has 31 heavy (non-hydrogen) atoms. The van der Waals surface area contributed by atoms with Crippen LogP contribution in [0.1, 0.15) is 56.6 Å². The Labute approximate surface area is 190 Å². The van der Waals surface area contributed by atoms with E-state index < -0.39 is 6.04 Å². The lowest BCUT2D eigenvalue weighted by atomic mass is 9.95. The van der Waals surface area contributed by atoms with E-state index in [0.717, 1.165) is 23.3 Å². The van der Waals surface area contributed by atoms with Crippen LogP contribution in [-0.2, 0) is 16.1 Å². The maximum absolute atomic E-state index is 13.3. The maximum atomic E-state index is 13.3. The second-order valence-electron chi connectivity index (χ2n) is 8.38. The van der Waals surface area contributed by atoms with E-state index in [-0.39, 0.29) is 17.9 Å². The van der Waals surface area contributed by atoms with Crippen LogP contribution in [0.3, 0.4) is 0 Å². The third-order valence-electron chi connectivity index (χ3n) is 5.92. The van der Waals surface area contributed by atoms with E-state index in [4.69, 9.17) is 0 Å². The van der Waals surface area contributed by atoms with Crippen LogP contribution in [0.2, 0.25) is 0 Å². The Morgan fingerprint density at radius 1 is 1.03 bits per heavy atom. The van der Waals surface area contributed by atoms with Crippen LogP contribution in [0.25, 0.3) is 0 Å². The molecule has 4 nitrogen and oxygen atoms in total. The predicted molar refractivity (Wildman–Crippen MR) is 128 cm³/mol. The smallest absolute Gasteiger partial charge is 0.243 e. The SMILES string of the molecule is CC[C@@H](C(=O)NC1CCCCC1)N(Cc1ccccc1)C(=O)CSc1ccc(C)cc1. The van der Waals surface area contributed by atoms with Gasteiger partial charge in [0.15, 0.2) is 0 Å². The number of thioether (sulfide) groups is 1. The summed E-state index contributed by atoms with van der Waals surface area (Å²) in [6.45, 7) is 4.49. The van der Waals surface area contributed by atoms with Gasteiger partial charge >= 0.3 is 0 Å². The van der Waals surface area contributed by atoms with Gasteiger partial charge in [0.2, 0.25) is 11.8 Å². The Hall–Kier alpha value is -2.27. The van der Waals surface area contributed by atoms with E-state index in [2.05, 4.69) is 24.4 Å². The molecule has 1 N–H and O–H groups in total. The topological polar surface area (TPSA) is 49.4 Å². The molecule has 0 spiro atoms. The Morgan fingerprint density at radius 2 is 1.71 bits per heavy atom. The van der Waals surface area contributed by atoms with Crippen molar-refractivity contribution in [2.75, 3.05) is 5.75 Å². The molecule has 2 aromatic carbocycles. The summed E-state index contributed by atoms with van der Waals surface area (Å²) in [5.74, 6) is 0.308. The highest BCUT2D eigenvalue weighted by molar-refractivity contribution is 8.00. The van der Waals surface area contributed by atoms with Crippen LogP contribution >= 0.6 is 11.8 Å². The van der Waals surface area contributed by atoms with E-state index >= 15 is 0 Å². The van der Waals surface area contributed by atoms with Gasteiger partial charge in [-0.1, -0.05) is 74.2 Å². The molecular weight excluding hydrogens is 404 g/mol. The maximum Gasteiger partial charge on any atom is 0.243 e. The average Bonchev–Trinajstić information content (AvgIpc) is 2.79. The number of aryl methyl sites for hydroxylation is 1. The fraction of sp³-hybridized carbons (Fsp3) is 0.462. The van der Waals surface area contributed by atoms with Gasteiger partial charge in [0.05, 0.1) is 5.75 Å². The summed E-state index contributed by atoms with van der Waals surface area (Å²) in [5, 5.41) is 3.23. The van der Waals surface area contributed by atoms with Crippen molar-refractivity contribution in [3.63, 3.8) is 0 Å². The summed E-state index contributed by atoms with van der Waals surface area (Å²) in [6.07, 6.45) is 6.27.